The van der Waals surface area contributed by atoms with Crippen molar-refractivity contribution in [2.75, 3.05) is 7.11 Å². The lowest BCUT2D eigenvalue weighted by Crippen LogP contribution is -2.18. The Labute approximate surface area is 134 Å². The summed E-state index contributed by atoms with van der Waals surface area (Å²) in [6, 6.07) is 7.35. The van der Waals surface area contributed by atoms with E-state index in [1.165, 1.54) is 19.2 Å². The molecule has 0 aliphatic heterocycles. The summed E-state index contributed by atoms with van der Waals surface area (Å²) in [5.41, 5.74) is 1.31. The summed E-state index contributed by atoms with van der Waals surface area (Å²) in [6.45, 7) is 0. The first-order chi connectivity index (χ1) is 11.4. The third-order valence-corrected chi connectivity index (χ3v) is 3.51. The number of ether oxygens (including phenoxy) is 2. The topological polar surface area (TPSA) is 67.4 Å². The number of methoxy groups -OCH3 is 1. The summed E-state index contributed by atoms with van der Waals surface area (Å²) >= 11 is 0. The third kappa shape index (κ3) is 3.13. The van der Waals surface area contributed by atoms with Gasteiger partial charge in [0, 0.05) is 23.3 Å². The van der Waals surface area contributed by atoms with E-state index < -0.39 is 18.2 Å². The summed E-state index contributed by atoms with van der Waals surface area (Å²) in [4.78, 5) is 7.02. The average Bonchev–Trinajstić information content (AvgIpc) is 2.96. The summed E-state index contributed by atoms with van der Waals surface area (Å²) < 4.78 is 46.4. The van der Waals surface area contributed by atoms with E-state index >= 15 is 0 Å². The summed E-state index contributed by atoms with van der Waals surface area (Å²) in [7, 11) is 1.24. The van der Waals surface area contributed by atoms with E-state index in [0.29, 0.717) is 16.6 Å². The predicted octanol–water partition coefficient (Wildman–Crippen LogP) is 3.55. The normalized spacial score (nSPS) is 13.0. The number of hydrogen-bond donors (Lipinski definition) is 2. The monoisotopic (exact) mass is 338 g/mol. The number of fused-ring (bicyclic) bond motifs is 1. The number of halogens is 3. The van der Waals surface area contributed by atoms with E-state index in [9.17, 15) is 18.3 Å². The fraction of sp³-hybridized carbons (Fsp3) is 0.188. The van der Waals surface area contributed by atoms with Crippen molar-refractivity contribution in [2.45, 2.75) is 12.5 Å². The zero-order valence-electron chi connectivity index (χ0n) is 12.5. The highest BCUT2D eigenvalue weighted by Gasteiger charge is 2.33. The van der Waals surface area contributed by atoms with Gasteiger partial charge in [-0.15, -0.1) is 13.2 Å². The average molecular weight is 338 g/mol. The smallest absolute Gasteiger partial charge is 0.493 e. The van der Waals surface area contributed by atoms with Gasteiger partial charge in [0.1, 0.15) is 11.8 Å². The molecule has 0 fully saturated rings. The molecular weight excluding hydrogens is 325 g/mol. The maximum atomic E-state index is 12.5. The fourth-order valence-corrected chi connectivity index (χ4v) is 2.45. The van der Waals surface area contributed by atoms with E-state index in [1.807, 2.05) is 0 Å². The molecule has 2 aromatic heterocycles. The third-order valence-electron chi connectivity index (χ3n) is 3.51. The van der Waals surface area contributed by atoms with Crippen molar-refractivity contribution in [1.29, 1.82) is 0 Å². The van der Waals surface area contributed by atoms with Gasteiger partial charge in [-0.2, -0.15) is 0 Å². The molecule has 0 saturated carbocycles. The Morgan fingerprint density at radius 2 is 2.00 bits per heavy atom. The van der Waals surface area contributed by atoms with Gasteiger partial charge in [0.25, 0.3) is 0 Å². The minimum absolute atomic E-state index is 0.0798. The number of nitrogens with one attached hydrogen (secondary N) is 1. The van der Waals surface area contributed by atoms with Crippen LogP contribution in [-0.2, 0) is 0 Å². The van der Waals surface area contributed by atoms with Crippen LogP contribution in [0, 0.1) is 0 Å². The van der Waals surface area contributed by atoms with Crippen molar-refractivity contribution in [3.05, 3.63) is 53.9 Å². The van der Waals surface area contributed by atoms with Crippen LogP contribution in [-0.4, -0.2) is 28.5 Å². The van der Waals surface area contributed by atoms with E-state index in [2.05, 4.69) is 14.7 Å². The highest BCUT2D eigenvalue weighted by molar-refractivity contribution is 5.80. The first-order valence-electron chi connectivity index (χ1n) is 6.93. The first-order valence-corrected chi connectivity index (χ1v) is 6.93. The Morgan fingerprint density at radius 1 is 1.21 bits per heavy atom. The zero-order chi connectivity index (χ0) is 17.3. The number of aromatic nitrogens is 2. The summed E-state index contributed by atoms with van der Waals surface area (Å²) in [5.74, 6) is -0.594. The van der Waals surface area contributed by atoms with Gasteiger partial charge in [-0.25, -0.2) is 4.98 Å². The van der Waals surface area contributed by atoms with Crippen molar-refractivity contribution < 1.29 is 27.8 Å². The van der Waals surface area contributed by atoms with Crippen LogP contribution in [0.5, 0.6) is 11.5 Å². The number of hydrogen-bond acceptors (Lipinski definition) is 4. The molecule has 0 aliphatic carbocycles. The van der Waals surface area contributed by atoms with E-state index in [0.717, 1.165) is 6.07 Å². The van der Waals surface area contributed by atoms with Gasteiger partial charge in [-0.1, -0.05) is 6.07 Å². The fourth-order valence-electron chi connectivity index (χ4n) is 2.45. The molecule has 24 heavy (non-hydrogen) atoms. The standard InChI is InChI=1S/C16H13F3N2O3/c1-23-12-5-4-9(7-13(12)24-16(17,18)19)14(22)11-8-21-15-10(11)3-2-6-20-15/h2-8,14,22H,1H3,(H,20,21). The maximum absolute atomic E-state index is 12.5. The van der Waals surface area contributed by atoms with Gasteiger partial charge < -0.3 is 19.6 Å². The molecular formula is C16H13F3N2O3. The van der Waals surface area contributed by atoms with Crippen molar-refractivity contribution in [2.24, 2.45) is 0 Å². The number of benzene rings is 1. The molecule has 0 saturated heterocycles. The molecule has 0 radical (unpaired) electrons. The lowest BCUT2D eigenvalue weighted by Gasteiger charge is -2.16. The van der Waals surface area contributed by atoms with Crippen LogP contribution in [0.2, 0.25) is 0 Å². The van der Waals surface area contributed by atoms with Crippen LogP contribution >= 0.6 is 0 Å². The number of alkyl halides is 3. The molecule has 5 nitrogen and oxygen atoms in total. The van der Waals surface area contributed by atoms with Gasteiger partial charge in [-0.3, -0.25) is 0 Å². The molecule has 1 unspecified atom stereocenters. The molecule has 1 atom stereocenters. The lowest BCUT2D eigenvalue weighted by molar-refractivity contribution is -0.275. The minimum atomic E-state index is -4.86. The number of nitrogens with zero attached hydrogens (tertiary/aromatic N) is 1. The van der Waals surface area contributed by atoms with Gasteiger partial charge in [-0.05, 0) is 29.8 Å². The molecule has 8 heteroatoms. The van der Waals surface area contributed by atoms with Crippen LogP contribution < -0.4 is 9.47 Å². The summed E-state index contributed by atoms with van der Waals surface area (Å²) in [6.07, 6.45) is -2.85. The van der Waals surface area contributed by atoms with E-state index in [-0.39, 0.29) is 11.3 Å². The summed E-state index contributed by atoms with van der Waals surface area (Å²) in [5, 5.41) is 11.2. The number of pyridine rings is 1. The Bertz CT molecular complexity index is 861. The van der Waals surface area contributed by atoms with Crippen LogP contribution in [0.4, 0.5) is 13.2 Å². The SMILES string of the molecule is COc1ccc(C(O)c2c[nH]c3ncccc23)cc1OC(F)(F)F. The molecule has 0 bridgehead atoms. The number of aliphatic hydroxyl groups excluding tert-OH is 1. The van der Waals surface area contributed by atoms with Crippen LogP contribution in [0.3, 0.4) is 0 Å². The molecule has 3 rings (SSSR count). The molecule has 0 amide bonds. The van der Waals surface area contributed by atoms with Gasteiger partial charge in [0.2, 0.25) is 0 Å². The van der Waals surface area contributed by atoms with Crippen molar-refractivity contribution >= 4 is 11.0 Å². The second kappa shape index (κ2) is 6.04. The van der Waals surface area contributed by atoms with Crippen LogP contribution in [0.25, 0.3) is 11.0 Å². The van der Waals surface area contributed by atoms with Gasteiger partial charge in [0.15, 0.2) is 11.5 Å². The number of aliphatic hydroxyl groups is 1. The van der Waals surface area contributed by atoms with Gasteiger partial charge >= 0.3 is 6.36 Å². The Morgan fingerprint density at radius 3 is 2.71 bits per heavy atom. The molecule has 1 aromatic carbocycles. The van der Waals surface area contributed by atoms with Crippen LogP contribution in [0.1, 0.15) is 17.2 Å². The lowest BCUT2D eigenvalue weighted by atomic mass is 10.0. The number of aromatic amines is 1. The van der Waals surface area contributed by atoms with Crippen molar-refractivity contribution in [3.63, 3.8) is 0 Å². The zero-order valence-corrected chi connectivity index (χ0v) is 12.5. The van der Waals surface area contributed by atoms with Crippen molar-refractivity contribution in [1.82, 2.24) is 9.97 Å². The second-order valence-electron chi connectivity index (χ2n) is 5.00. The van der Waals surface area contributed by atoms with Crippen LogP contribution in [0.15, 0.2) is 42.7 Å². The Balaban J connectivity index is 2.01. The first kappa shape index (κ1) is 16.1. The number of H-pyrrole nitrogens is 1. The molecule has 3 aromatic rings. The maximum Gasteiger partial charge on any atom is 0.573 e. The highest BCUT2D eigenvalue weighted by Crippen LogP contribution is 2.36. The van der Waals surface area contributed by atoms with Gasteiger partial charge in [0.05, 0.1) is 7.11 Å². The van der Waals surface area contributed by atoms with E-state index in [1.54, 1.807) is 24.5 Å². The molecule has 0 spiro atoms. The highest BCUT2D eigenvalue weighted by atomic mass is 19.4. The molecule has 2 heterocycles. The largest absolute Gasteiger partial charge is 0.573 e. The number of rotatable bonds is 4. The Kier molecular flexibility index (Phi) is 4.06. The quantitative estimate of drug-likeness (QED) is 0.763. The second-order valence-corrected chi connectivity index (χ2v) is 5.00. The molecule has 0 aliphatic rings. The predicted molar refractivity (Wildman–Crippen MR) is 79.8 cm³/mol. The molecule has 126 valence electrons. The van der Waals surface area contributed by atoms with Crippen molar-refractivity contribution in [3.8, 4) is 11.5 Å². The Hall–Kier alpha value is -2.74. The molecule has 2 N–H and O–H groups in total. The van der Waals surface area contributed by atoms with E-state index in [4.69, 9.17) is 4.74 Å². The minimum Gasteiger partial charge on any atom is -0.493 e.